The molecule has 2 unspecified atom stereocenters. The van der Waals surface area contributed by atoms with E-state index in [1.807, 2.05) is 24.3 Å². The van der Waals surface area contributed by atoms with Crippen molar-refractivity contribution in [1.29, 1.82) is 0 Å². The molecular weight excluding hydrogens is 272 g/mol. The zero-order valence-corrected chi connectivity index (χ0v) is 10.4. The molecule has 0 bridgehead atoms. The smallest absolute Gasteiger partial charge is 0.184 e. The fourth-order valence-corrected chi connectivity index (χ4v) is 2.12. The number of hydrogen-bond acceptors (Lipinski definition) is 4. The molecule has 1 aromatic rings. The van der Waals surface area contributed by atoms with E-state index in [2.05, 4.69) is 20.9 Å². The van der Waals surface area contributed by atoms with Crippen LogP contribution >= 0.6 is 15.9 Å². The number of hydrogen-bond donors (Lipinski definition) is 2. The third kappa shape index (κ3) is 1.98. The van der Waals surface area contributed by atoms with E-state index in [1.54, 1.807) is 6.92 Å². The lowest BCUT2D eigenvalue weighted by Crippen LogP contribution is -2.45. The molecule has 5 heteroatoms. The molecule has 0 aliphatic carbocycles. The molecule has 0 fully saturated rings. The summed E-state index contributed by atoms with van der Waals surface area (Å²) in [6.07, 6.45) is -0.978. The van der Waals surface area contributed by atoms with E-state index < -0.39 is 11.8 Å². The number of nitrogens with zero attached hydrogens (tertiary/aromatic N) is 1. The van der Waals surface area contributed by atoms with Crippen molar-refractivity contribution in [2.24, 2.45) is 10.7 Å². The molecule has 0 radical (unpaired) electrons. The average Bonchev–Trinajstić information content (AvgIpc) is 2.24. The quantitative estimate of drug-likeness (QED) is 0.819. The fourth-order valence-electron chi connectivity index (χ4n) is 1.72. The van der Waals surface area contributed by atoms with Crippen LogP contribution in [0.4, 0.5) is 0 Å². The second kappa shape index (κ2) is 4.16. The molecule has 4 nitrogen and oxygen atoms in total. The van der Waals surface area contributed by atoms with Gasteiger partial charge in [0, 0.05) is 4.47 Å². The van der Waals surface area contributed by atoms with Crippen LogP contribution in [0.15, 0.2) is 33.7 Å². The number of halogens is 1. The molecule has 86 valence electrons. The lowest BCUT2D eigenvalue weighted by molar-refractivity contribution is -0.137. The molecule has 3 N–H and O–H groups in total. The Morgan fingerprint density at radius 2 is 2.38 bits per heavy atom. The van der Waals surface area contributed by atoms with Gasteiger partial charge in [-0.2, -0.15) is 0 Å². The van der Waals surface area contributed by atoms with Crippen LogP contribution < -0.4 is 5.73 Å². The van der Waals surface area contributed by atoms with Crippen LogP contribution in [0.5, 0.6) is 0 Å². The van der Waals surface area contributed by atoms with Gasteiger partial charge in [-0.1, -0.05) is 28.1 Å². The van der Waals surface area contributed by atoms with Crippen molar-refractivity contribution in [3.05, 3.63) is 34.3 Å². The van der Waals surface area contributed by atoms with Crippen LogP contribution in [0.25, 0.3) is 0 Å². The van der Waals surface area contributed by atoms with Gasteiger partial charge in [-0.15, -0.1) is 0 Å². The van der Waals surface area contributed by atoms with E-state index in [9.17, 15) is 5.11 Å². The number of benzene rings is 1. The van der Waals surface area contributed by atoms with Crippen molar-refractivity contribution in [3.63, 3.8) is 0 Å². The van der Waals surface area contributed by atoms with Crippen molar-refractivity contribution in [2.45, 2.75) is 18.8 Å². The highest BCUT2D eigenvalue weighted by atomic mass is 79.9. The van der Waals surface area contributed by atoms with Crippen LogP contribution in [-0.2, 0) is 10.3 Å². The van der Waals surface area contributed by atoms with Gasteiger partial charge in [-0.05, 0) is 24.6 Å². The first-order chi connectivity index (χ1) is 7.52. The van der Waals surface area contributed by atoms with E-state index in [0.29, 0.717) is 5.84 Å². The molecule has 0 amide bonds. The number of aliphatic imine (C=N–C) groups is 1. The minimum atomic E-state index is -0.978. The Hall–Kier alpha value is -0.910. The normalized spacial score (nSPS) is 29.9. The first-order valence-electron chi connectivity index (χ1n) is 4.92. The maximum absolute atomic E-state index is 9.89. The van der Waals surface area contributed by atoms with Crippen LogP contribution in [0, 0.1) is 0 Å². The summed E-state index contributed by atoms with van der Waals surface area (Å²) < 4.78 is 6.11. The first-order valence-corrected chi connectivity index (χ1v) is 5.71. The predicted octanol–water partition coefficient (Wildman–Crippen LogP) is 1.37. The summed E-state index contributed by atoms with van der Waals surface area (Å²) in [5.41, 5.74) is 5.67. The maximum atomic E-state index is 9.89. The van der Waals surface area contributed by atoms with E-state index in [4.69, 9.17) is 10.5 Å². The molecule has 1 aromatic carbocycles. The minimum absolute atomic E-state index is 0.171. The molecule has 0 aromatic heterocycles. The lowest BCUT2D eigenvalue weighted by Gasteiger charge is -2.34. The standard InChI is InChI=1S/C11H13BrN2O2/c1-11(7-3-2-4-8(12)5-7)10(15)16-6-9(13)14-11/h2-5,10,15H,6H2,1H3,(H2,13,14). The molecule has 0 spiro atoms. The van der Waals surface area contributed by atoms with Crippen molar-refractivity contribution in [3.8, 4) is 0 Å². The highest BCUT2D eigenvalue weighted by Gasteiger charge is 2.38. The molecular formula is C11H13BrN2O2. The Morgan fingerprint density at radius 1 is 1.62 bits per heavy atom. The van der Waals surface area contributed by atoms with E-state index in [-0.39, 0.29) is 6.61 Å². The Morgan fingerprint density at radius 3 is 3.06 bits per heavy atom. The Balaban J connectivity index is 2.47. The number of aliphatic hydroxyl groups is 1. The van der Waals surface area contributed by atoms with Crippen molar-refractivity contribution in [1.82, 2.24) is 0 Å². The summed E-state index contributed by atoms with van der Waals surface area (Å²) in [5.74, 6) is 0.396. The van der Waals surface area contributed by atoms with Gasteiger partial charge in [0.15, 0.2) is 6.29 Å². The Bertz CT molecular complexity index is 436. The maximum Gasteiger partial charge on any atom is 0.184 e. The number of aliphatic hydroxyl groups excluding tert-OH is 1. The predicted molar refractivity (Wildman–Crippen MR) is 65.1 cm³/mol. The van der Waals surface area contributed by atoms with Gasteiger partial charge in [0.05, 0.1) is 0 Å². The van der Waals surface area contributed by atoms with Crippen LogP contribution in [0.1, 0.15) is 12.5 Å². The molecule has 1 aliphatic heterocycles. The van der Waals surface area contributed by atoms with E-state index in [1.165, 1.54) is 0 Å². The van der Waals surface area contributed by atoms with Gasteiger partial charge in [-0.3, -0.25) is 4.99 Å². The van der Waals surface area contributed by atoms with Crippen LogP contribution in [0.2, 0.25) is 0 Å². The summed E-state index contributed by atoms with van der Waals surface area (Å²) in [5, 5.41) is 9.89. The number of amidine groups is 1. The largest absolute Gasteiger partial charge is 0.385 e. The molecule has 1 aliphatic rings. The number of ether oxygens (including phenoxy) is 1. The molecule has 1 heterocycles. The third-order valence-electron chi connectivity index (χ3n) is 2.65. The monoisotopic (exact) mass is 284 g/mol. The zero-order chi connectivity index (χ0) is 11.8. The van der Waals surface area contributed by atoms with Gasteiger partial charge in [0.1, 0.15) is 18.0 Å². The SMILES string of the molecule is CC1(c2cccc(Br)c2)N=C(N)COC1O. The highest BCUT2D eigenvalue weighted by molar-refractivity contribution is 9.10. The Kier molecular flexibility index (Phi) is 3.01. The van der Waals surface area contributed by atoms with E-state index in [0.717, 1.165) is 10.0 Å². The van der Waals surface area contributed by atoms with Gasteiger partial charge in [0.25, 0.3) is 0 Å². The van der Waals surface area contributed by atoms with Gasteiger partial charge in [0.2, 0.25) is 0 Å². The average molecular weight is 285 g/mol. The second-order valence-corrected chi connectivity index (χ2v) is 4.84. The van der Waals surface area contributed by atoms with Crippen LogP contribution in [0.3, 0.4) is 0 Å². The minimum Gasteiger partial charge on any atom is -0.385 e. The van der Waals surface area contributed by atoms with E-state index >= 15 is 0 Å². The number of nitrogens with two attached hydrogens (primary N) is 1. The van der Waals surface area contributed by atoms with Crippen LogP contribution in [-0.4, -0.2) is 23.8 Å². The molecule has 0 saturated heterocycles. The van der Waals surface area contributed by atoms with Crippen molar-refractivity contribution < 1.29 is 9.84 Å². The van der Waals surface area contributed by atoms with Gasteiger partial charge < -0.3 is 15.6 Å². The fraction of sp³-hybridized carbons (Fsp3) is 0.364. The summed E-state index contributed by atoms with van der Waals surface area (Å²) in [4.78, 5) is 4.31. The highest BCUT2D eigenvalue weighted by Crippen LogP contribution is 2.33. The van der Waals surface area contributed by atoms with Crippen molar-refractivity contribution >= 4 is 21.8 Å². The van der Waals surface area contributed by atoms with Crippen molar-refractivity contribution in [2.75, 3.05) is 6.61 Å². The zero-order valence-electron chi connectivity index (χ0n) is 8.85. The topological polar surface area (TPSA) is 67.8 Å². The summed E-state index contributed by atoms with van der Waals surface area (Å²) in [6.45, 7) is 1.97. The second-order valence-electron chi connectivity index (χ2n) is 3.92. The molecule has 2 atom stereocenters. The van der Waals surface area contributed by atoms with Gasteiger partial charge in [-0.25, -0.2) is 0 Å². The summed E-state index contributed by atoms with van der Waals surface area (Å²) >= 11 is 3.39. The van der Waals surface area contributed by atoms with Gasteiger partial charge >= 0.3 is 0 Å². The number of rotatable bonds is 1. The Labute approximate surface area is 102 Å². The first kappa shape index (κ1) is 11.6. The summed E-state index contributed by atoms with van der Waals surface area (Å²) in [6, 6.07) is 7.59. The molecule has 0 saturated carbocycles. The third-order valence-corrected chi connectivity index (χ3v) is 3.15. The molecule has 2 rings (SSSR count). The molecule has 16 heavy (non-hydrogen) atoms. The lowest BCUT2D eigenvalue weighted by atomic mass is 9.91. The summed E-state index contributed by atoms with van der Waals surface area (Å²) in [7, 11) is 0.